The maximum atomic E-state index is 6.33. The van der Waals surface area contributed by atoms with E-state index in [1.54, 1.807) is 7.11 Å². The fraction of sp³-hybridized carbons (Fsp3) is 0.625. The smallest absolute Gasteiger partial charge is 0.136 e. The Hall–Kier alpha value is -0.540. The van der Waals surface area contributed by atoms with Crippen LogP contribution in [0.3, 0.4) is 0 Å². The average molecular weight is 324 g/mol. The number of nitrogens with two attached hydrogens (primary N) is 1. The highest BCUT2D eigenvalue weighted by atomic mass is 79.9. The maximum Gasteiger partial charge on any atom is 0.136 e. The van der Waals surface area contributed by atoms with Crippen LogP contribution in [-0.2, 0) is 19.3 Å². The molecule has 0 radical (unpaired) electrons. The normalized spacial score (nSPS) is 20.0. The molecule has 0 unspecified atom stereocenters. The van der Waals surface area contributed by atoms with E-state index in [-0.39, 0.29) is 5.54 Å². The monoisotopic (exact) mass is 323 g/mol. The van der Waals surface area contributed by atoms with Gasteiger partial charge in [0.15, 0.2) is 0 Å². The van der Waals surface area contributed by atoms with Crippen molar-refractivity contribution in [3.63, 3.8) is 0 Å². The third-order valence-electron chi connectivity index (χ3n) is 4.74. The summed E-state index contributed by atoms with van der Waals surface area (Å²) in [5.41, 5.74) is 12.1. The van der Waals surface area contributed by atoms with Crippen LogP contribution >= 0.6 is 15.9 Å². The molecule has 3 rings (SSSR count). The average Bonchev–Trinajstić information content (AvgIpc) is 3.14. The summed E-state index contributed by atoms with van der Waals surface area (Å²) >= 11 is 3.77. The van der Waals surface area contributed by atoms with Crippen molar-refractivity contribution in [2.45, 2.75) is 57.4 Å². The number of rotatable bonds is 3. The summed E-state index contributed by atoms with van der Waals surface area (Å²) in [4.78, 5) is 0. The van der Waals surface area contributed by atoms with Gasteiger partial charge in [0.2, 0.25) is 0 Å². The fourth-order valence-electron chi connectivity index (χ4n) is 3.30. The van der Waals surface area contributed by atoms with Crippen molar-refractivity contribution in [2.75, 3.05) is 7.11 Å². The zero-order chi connectivity index (χ0) is 13.6. The molecule has 3 heteroatoms. The number of methoxy groups -OCH3 is 1. The van der Waals surface area contributed by atoms with Crippen LogP contribution in [-0.4, -0.2) is 12.6 Å². The van der Waals surface area contributed by atoms with E-state index in [1.165, 1.54) is 52.4 Å². The lowest BCUT2D eigenvalue weighted by molar-refractivity contribution is 0.402. The zero-order valence-corrected chi connectivity index (χ0v) is 13.4. The lowest BCUT2D eigenvalue weighted by Crippen LogP contribution is -2.26. The molecule has 2 aliphatic carbocycles. The van der Waals surface area contributed by atoms with Gasteiger partial charge in [-0.2, -0.15) is 0 Å². The van der Waals surface area contributed by atoms with Crippen LogP contribution in [0.4, 0.5) is 0 Å². The Kier molecular flexibility index (Phi) is 3.38. The van der Waals surface area contributed by atoms with Crippen LogP contribution in [0.5, 0.6) is 5.75 Å². The first-order valence-corrected chi connectivity index (χ1v) is 8.00. The van der Waals surface area contributed by atoms with Crippen LogP contribution in [0.1, 0.15) is 47.9 Å². The molecule has 0 spiro atoms. The van der Waals surface area contributed by atoms with Gasteiger partial charge in [0.25, 0.3) is 0 Å². The lowest BCUT2D eigenvalue weighted by Gasteiger charge is -2.26. The largest absolute Gasteiger partial charge is 0.495 e. The Labute approximate surface area is 123 Å². The Bertz CT molecular complexity index is 520. The molecule has 0 bridgehead atoms. The van der Waals surface area contributed by atoms with Crippen molar-refractivity contribution in [2.24, 2.45) is 5.73 Å². The number of fused-ring (bicyclic) bond motifs is 1. The molecule has 0 aromatic heterocycles. The molecule has 2 aliphatic rings. The van der Waals surface area contributed by atoms with Crippen LogP contribution in [0.15, 0.2) is 4.47 Å². The second kappa shape index (κ2) is 4.78. The highest BCUT2D eigenvalue weighted by Gasteiger charge is 2.40. The van der Waals surface area contributed by atoms with Gasteiger partial charge >= 0.3 is 0 Å². The van der Waals surface area contributed by atoms with E-state index in [4.69, 9.17) is 10.5 Å². The first-order valence-electron chi connectivity index (χ1n) is 7.21. The second-order valence-electron chi connectivity index (χ2n) is 6.15. The van der Waals surface area contributed by atoms with Gasteiger partial charge in [0.1, 0.15) is 5.75 Å². The Morgan fingerprint density at radius 1 is 1.21 bits per heavy atom. The summed E-state index contributed by atoms with van der Waals surface area (Å²) in [6.07, 6.45) is 8.20. The van der Waals surface area contributed by atoms with E-state index in [9.17, 15) is 0 Å². The van der Waals surface area contributed by atoms with Crippen LogP contribution in [0.25, 0.3) is 0 Å². The first-order chi connectivity index (χ1) is 9.06. The zero-order valence-electron chi connectivity index (χ0n) is 11.8. The quantitative estimate of drug-likeness (QED) is 0.920. The fourth-order valence-corrected chi connectivity index (χ4v) is 4.14. The molecule has 2 nitrogen and oxygen atoms in total. The minimum Gasteiger partial charge on any atom is -0.495 e. The van der Waals surface area contributed by atoms with Crippen molar-refractivity contribution in [3.05, 3.63) is 26.7 Å². The third-order valence-corrected chi connectivity index (χ3v) is 5.58. The summed E-state index contributed by atoms with van der Waals surface area (Å²) in [5.74, 6) is 1.02. The number of ether oxygens (including phenoxy) is 1. The van der Waals surface area contributed by atoms with E-state index < -0.39 is 0 Å². The van der Waals surface area contributed by atoms with E-state index >= 15 is 0 Å². The molecule has 2 N–H and O–H groups in total. The SMILES string of the molecule is COc1c(Br)c2c(c(C)c1CC1(N)CC1)CCCC2. The van der Waals surface area contributed by atoms with Crippen molar-refractivity contribution >= 4 is 15.9 Å². The van der Waals surface area contributed by atoms with Crippen molar-refractivity contribution in [1.82, 2.24) is 0 Å². The molecular weight excluding hydrogens is 302 g/mol. The van der Waals surface area contributed by atoms with Crippen molar-refractivity contribution in [3.8, 4) is 5.75 Å². The maximum absolute atomic E-state index is 6.33. The van der Waals surface area contributed by atoms with E-state index in [1.807, 2.05) is 0 Å². The van der Waals surface area contributed by atoms with Gasteiger partial charge in [-0.05, 0) is 84.5 Å². The molecule has 1 aromatic rings. The number of halogens is 1. The van der Waals surface area contributed by atoms with Crippen LogP contribution < -0.4 is 10.5 Å². The summed E-state index contributed by atoms with van der Waals surface area (Å²) in [6, 6.07) is 0. The molecule has 0 aliphatic heterocycles. The molecule has 1 fully saturated rings. The molecule has 1 aromatic carbocycles. The molecule has 104 valence electrons. The summed E-state index contributed by atoms with van der Waals surface area (Å²) in [6.45, 7) is 2.25. The first kappa shape index (κ1) is 13.4. The third kappa shape index (κ3) is 2.31. The summed E-state index contributed by atoms with van der Waals surface area (Å²) in [7, 11) is 1.77. The Morgan fingerprint density at radius 2 is 1.84 bits per heavy atom. The van der Waals surface area contributed by atoms with Crippen molar-refractivity contribution < 1.29 is 4.74 Å². The van der Waals surface area contributed by atoms with Crippen molar-refractivity contribution in [1.29, 1.82) is 0 Å². The van der Waals surface area contributed by atoms with E-state index in [0.29, 0.717) is 0 Å². The highest BCUT2D eigenvalue weighted by molar-refractivity contribution is 9.10. The standard InChI is InChI=1S/C16H22BrNO/c1-10-11-5-3-4-6-12(11)14(17)15(19-2)13(10)9-16(18)7-8-16/h3-9,18H2,1-2H3. The number of hydrogen-bond donors (Lipinski definition) is 1. The molecule has 19 heavy (non-hydrogen) atoms. The summed E-state index contributed by atoms with van der Waals surface area (Å²) in [5, 5.41) is 0. The van der Waals surface area contributed by atoms with Gasteiger partial charge in [-0.15, -0.1) is 0 Å². The Balaban J connectivity index is 2.13. The molecule has 0 saturated heterocycles. The van der Waals surface area contributed by atoms with Gasteiger partial charge in [0, 0.05) is 11.1 Å². The molecule has 0 amide bonds. The Morgan fingerprint density at radius 3 is 2.42 bits per heavy atom. The molecular formula is C16H22BrNO. The van der Waals surface area contributed by atoms with Crippen LogP contribution in [0.2, 0.25) is 0 Å². The lowest BCUT2D eigenvalue weighted by atomic mass is 9.84. The van der Waals surface area contributed by atoms with Gasteiger partial charge in [-0.1, -0.05) is 0 Å². The molecule has 0 heterocycles. The van der Waals surface area contributed by atoms with E-state index in [0.717, 1.165) is 25.0 Å². The highest BCUT2D eigenvalue weighted by Crippen LogP contribution is 2.45. The van der Waals surface area contributed by atoms with E-state index in [2.05, 4.69) is 22.9 Å². The topological polar surface area (TPSA) is 35.2 Å². The number of hydrogen-bond acceptors (Lipinski definition) is 2. The number of benzene rings is 1. The molecule has 0 atom stereocenters. The predicted molar refractivity (Wildman–Crippen MR) is 81.9 cm³/mol. The van der Waals surface area contributed by atoms with Crippen LogP contribution in [0, 0.1) is 6.92 Å². The minimum atomic E-state index is 0.0282. The summed E-state index contributed by atoms with van der Waals surface area (Å²) < 4.78 is 6.87. The molecule has 1 saturated carbocycles. The van der Waals surface area contributed by atoms with Gasteiger partial charge in [-0.3, -0.25) is 0 Å². The van der Waals surface area contributed by atoms with Gasteiger partial charge in [-0.25, -0.2) is 0 Å². The van der Waals surface area contributed by atoms with Gasteiger partial charge in [0.05, 0.1) is 11.6 Å². The predicted octanol–water partition coefficient (Wildman–Crippen LogP) is 3.68. The minimum absolute atomic E-state index is 0.0282. The second-order valence-corrected chi connectivity index (χ2v) is 6.95. The van der Waals surface area contributed by atoms with Gasteiger partial charge < -0.3 is 10.5 Å².